The van der Waals surface area contributed by atoms with Crippen molar-refractivity contribution in [2.24, 2.45) is 11.8 Å². The van der Waals surface area contributed by atoms with Crippen molar-refractivity contribution in [2.75, 3.05) is 0 Å². The van der Waals surface area contributed by atoms with Gasteiger partial charge in [-0.3, -0.25) is 9.59 Å². The van der Waals surface area contributed by atoms with Gasteiger partial charge in [-0.15, -0.1) is 0 Å². The van der Waals surface area contributed by atoms with Gasteiger partial charge in [0.25, 0.3) is 0 Å². The van der Waals surface area contributed by atoms with Crippen molar-refractivity contribution in [2.45, 2.75) is 44.8 Å². The van der Waals surface area contributed by atoms with Gasteiger partial charge >= 0.3 is 12.1 Å². The number of aliphatic carboxylic acids is 1. The molecule has 0 aromatic rings. The van der Waals surface area contributed by atoms with Gasteiger partial charge in [0, 0.05) is 5.92 Å². The molecule has 0 aliphatic heterocycles. The lowest BCUT2D eigenvalue weighted by molar-refractivity contribution is -0.198. The molecule has 2 N–H and O–H groups in total. The first-order valence-corrected chi connectivity index (χ1v) is 5.83. The number of amides is 1. The first-order valence-electron chi connectivity index (χ1n) is 5.83. The van der Waals surface area contributed by atoms with Gasteiger partial charge in [0.05, 0.1) is 5.92 Å². The highest BCUT2D eigenvalue weighted by Crippen LogP contribution is 2.41. The molecule has 4 nitrogen and oxygen atoms in total. The first kappa shape index (κ1) is 14.8. The normalized spacial score (nSPS) is 26.4. The van der Waals surface area contributed by atoms with Crippen LogP contribution in [0.15, 0.2) is 0 Å². The van der Waals surface area contributed by atoms with Gasteiger partial charge in [-0.2, -0.15) is 13.2 Å². The molecule has 0 aromatic heterocycles. The maximum absolute atomic E-state index is 12.8. The van der Waals surface area contributed by atoms with Gasteiger partial charge < -0.3 is 10.4 Å². The van der Waals surface area contributed by atoms with Crippen molar-refractivity contribution in [1.82, 2.24) is 5.32 Å². The van der Waals surface area contributed by atoms with E-state index in [1.165, 1.54) is 6.92 Å². The Morgan fingerprint density at radius 2 is 1.83 bits per heavy atom. The van der Waals surface area contributed by atoms with E-state index in [1.54, 1.807) is 0 Å². The van der Waals surface area contributed by atoms with Crippen LogP contribution in [0.4, 0.5) is 13.2 Å². The van der Waals surface area contributed by atoms with Gasteiger partial charge in [0.15, 0.2) is 0 Å². The van der Waals surface area contributed by atoms with Crippen LogP contribution in [-0.4, -0.2) is 29.2 Å². The van der Waals surface area contributed by atoms with E-state index in [0.717, 1.165) is 0 Å². The molecule has 2 unspecified atom stereocenters. The largest absolute Gasteiger partial charge is 0.480 e. The summed E-state index contributed by atoms with van der Waals surface area (Å²) in [5.74, 6) is -4.90. The predicted molar refractivity (Wildman–Crippen MR) is 56.7 cm³/mol. The molecule has 104 valence electrons. The number of hydrogen-bond acceptors (Lipinski definition) is 2. The molecule has 0 bridgehead atoms. The lowest BCUT2D eigenvalue weighted by atomic mass is 9.78. The molecule has 1 amide bonds. The van der Waals surface area contributed by atoms with Crippen LogP contribution in [-0.2, 0) is 9.59 Å². The van der Waals surface area contributed by atoms with E-state index in [9.17, 15) is 22.8 Å². The Hall–Kier alpha value is -1.27. The van der Waals surface area contributed by atoms with Crippen molar-refractivity contribution < 1.29 is 27.9 Å². The van der Waals surface area contributed by atoms with Gasteiger partial charge in [-0.1, -0.05) is 12.8 Å². The van der Waals surface area contributed by atoms with Crippen molar-refractivity contribution in [3.05, 3.63) is 0 Å². The zero-order valence-corrected chi connectivity index (χ0v) is 9.96. The topological polar surface area (TPSA) is 66.4 Å². The van der Waals surface area contributed by atoms with Crippen LogP contribution in [0.25, 0.3) is 0 Å². The number of nitrogens with one attached hydrogen (secondary N) is 1. The molecule has 0 radical (unpaired) electrons. The van der Waals surface area contributed by atoms with Crippen molar-refractivity contribution in [3.8, 4) is 0 Å². The molecular formula is C11H16F3NO3. The average Bonchev–Trinajstić information content (AvgIpc) is 2.27. The molecule has 1 rings (SSSR count). The van der Waals surface area contributed by atoms with Gasteiger partial charge in [-0.05, 0) is 19.8 Å². The summed E-state index contributed by atoms with van der Waals surface area (Å²) in [6.07, 6.45) is -3.31. The smallest absolute Gasteiger partial charge is 0.392 e. The molecule has 0 heterocycles. The fraction of sp³-hybridized carbons (Fsp3) is 0.818. The lowest BCUT2D eigenvalue weighted by Crippen LogP contribution is -2.47. The van der Waals surface area contributed by atoms with Crippen molar-refractivity contribution in [1.29, 1.82) is 0 Å². The molecule has 1 aliphatic carbocycles. The second-order valence-corrected chi connectivity index (χ2v) is 4.61. The van der Waals surface area contributed by atoms with E-state index in [0.29, 0.717) is 12.8 Å². The minimum absolute atomic E-state index is 0.0664. The molecule has 18 heavy (non-hydrogen) atoms. The Morgan fingerprint density at radius 3 is 2.33 bits per heavy atom. The van der Waals surface area contributed by atoms with Crippen LogP contribution in [0, 0.1) is 11.8 Å². The predicted octanol–water partition coefficient (Wildman–Crippen LogP) is 1.94. The minimum Gasteiger partial charge on any atom is -0.480 e. The number of rotatable bonds is 3. The molecule has 1 saturated carbocycles. The highest BCUT2D eigenvalue weighted by molar-refractivity contribution is 5.85. The number of carbonyl (C=O) groups is 2. The molecule has 1 aliphatic rings. The lowest BCUT2D eigenvalue weighted by Gasteiger charge is -2.32. The van der Waals surface area contributed by atoms with Crippen LogP contribution < -0.4 is 5.32 Å². The Kier molecular flexibility index (Phi) is 4.59. The van der Waals surface area contributed by atoms with E-state index in [-0.39, 0.29) is 12.8 Å². The highest BCUT2D eigenvalue weighted by Gasteiger charge is 2.48. The monoisotopic (exact) mass is 267 g/mol. The molecule has 3 atom stereocenters. The number of carboxylic acid groups (broad SMARTS) is 1. The summed E-state index contributed by atoms with van der Waals surface area (Å²) < 4.78 is 38.3. The van der Waals surface area contributed by atoms with E-state index < -0.39 is 35.9 Å². The quantitative estimate of drug-likeness (QED) is 0.821. The third-order valence-corrected chi connectivity index (χ3v) is 3.25. The minimum atomic E-state index is -4.41. The molecule has 0 aromatic carbocycles. The van der Waals surface area contributed by atoms with Crippen LogP contribution >= 0.6 is 0 Å². The first-order chi connectivity index (χ1) is 8.23. The van der Waals surface area contributed by atoms with E-state index in [2.05, 4.69) is 5.32 Å². The molecule has 0 spiro atoms. The SMILES string of the molecule is C[C@H](NC(=O)C1CCCCC1C(F)(F)F)C(=O)O. The molecular weight excluding hydrogens is 251 g/mol. The van der Waals surface area contributed by atoms with Crippen molar-refractivity contribution in [3.63, 3.8) is 0 Å². The summed E-state index contributed by atoms with van der Waals surface area (Å²) in [6.45, 7) is 1.23. The second-order valence-electron chi connectivity index (χ2n) is 4.61. The van der Waals surface area contributed by atoms with Crippen LogP contribution in [0.5, 0.6) is 0 Å². The Balaban J connectivity index is 2.72. The fourth-order valence-corrected chi connectivity index (χ4v) is 2.22. The molecule has 7 heteroatoms. The van der Waals surface area contributed by atoms with Gasteiger partial charge in [0.2, 0.25) is 5.91 Å². The number of carbonyl (C=O) groups excluding carboxylic acids is 1. The second kappa shape index (κ2) is 5.58. The van der Waals surface area contributed by atoms with Gasteiger partial charge in [0.1, 0.15) is 6.04 Å². The average molecular weight is 267 g/mol. The number of hydrogen-bond donors (Lipinski definition) is 2. The third-order valence-electron chi connectivity index (χ3n) is 3.25. The Bertz CT molecular complexity index is 330. The maximum atomic E-state index is 12.8. The summed E-state index contributed by atoms with van der Waals surface area (Å²) >= 11 is 0. The van der Waals surface area contributed by atoms with Crippen LogP contribution in [0.3, 0.4) is 0 Å². The fourth-order valence-electron chi connectivity index (χ4n) is 2.22. The summed E-state index contributed by atoms with van der Waals surface area (Å²) in [6, 6.07) is -1.17. The summed E-state index contributed by atoms with van der Waals surface area (Å²) in [4.78, 5) is 22.3. The van der Waals surface area contributed by atoms with Crippen molar-refractivity contribution >= 4 is 11.9 Å². The zero-order chi connectivity index (χ0) is 13.9. The van der Waals surface area contributed by atoms with E-state index in [4.69, 9.17) is 5.11 Å². The molecule has 1 fully saturated rings. The zero-order valence-electron chi connectivity index (χ0n) is 9.96. The van der Waals surface area contributed by atoms with Crippen LogP contribution in [0.1, 0.15) is 32.6 Å². The van der Waals surface area contributed by atoms with Crippen LogP contribution in [0.2, 0.25) is 0 Å². The number of alkyl halides is 3. The third kappa shape index (κ3) is 3.61. The highest BCUT2D eigenvalue weighted by atomic mass is 19.4. The van der Waals surface area contributed by atoms with E-state index >= 15 is 0 Å². The Morgan fingerprint density at radius 1 is 1.28 bits per heavy atom. The van der Waals surface area contributed by atoms with Gasteiger partial charge in [-0.25, -0.2) is 0 Å². The Labute approximate surface area is 103 Å². The summed E-state index contributed by atoms with van der Waals surface area (Å²) in [5, 5.41) is 10.7. The van der Waals surface area contributed by atoms with E-state index in [1.807, 2.05) is 0 Å². The summed E-state index contributed by atoms with van der Waals surface area (Å²) in [7, 11) is 0. The summed E-state index contributed by atoms with van der Waals surface area (Å²) in [5.41, 5.74) is 0. The maximum Gasteiger partial charge on any atom is 0.392 e. The number of halogens is 3. The number of carboxylic acids is 1. The molecule has 0 saturated heterocycles. The standard InChI is InChI=1S/C11H16F3NO3/c1-6(10(17)18)15-9(16)7-4-2-3-5-8(7)11(12,13)14/h6-8H,2-5H2,1H3,(H,15,16)(H,17,18)/t6-,7?,8?/m0/s1.